The summed E-state index contributed by atoms with van der Waals surface area (Å²) in [4.78, 5) is 49.5. The van der Waals surface area contributed by atoms with Gasteiger partial charge in [-0.25, -0.2) is 4.79 Å². The molecule has 150 valence electrons. The van der Waals surface area contributed by atoms with E-state index in [1.165, 1.54) is 11.8 Å². The Morgan fingerprint density at radius 1 is 1.10 bits per heavy atom. The quantitative estimate of drug-likeness (QED) is 0.510. The lowest BCUT2D eigenvalue weighted by Crippen LogP contribution is -2.61. The summed E-state index contributed by atoms with van der Waals surface area (Å²) in [5, 5.41) is 19.7. The fourth-order valence-electron chi connectivity index (χ4n) is 4.88. The van der Waals surface area contributed by atoms with Crippen LogP contribution >= 0.6 is 0 Å². The second-order valence-electron chi connectivity index (χ2n) is 7.89. The van der Waals surface area contributed by atoms with Crippen molar-refractivity contribution in [1.82, 2.24) is 4.90 Å². The highest BCUT2D eigenvalue weighted by atomic mass is 16.4. The molecule has 0 radical (unpaired) electrons. The molecule has 1 fully saturated rings. The van der Waals surface area contributed by atoms with Crippen LogP contribution in [-0.4, -0.2) is 51.2 Å². The fraction of sp³-hybridized carbons (Fsp3) is 0.217. The first-order valence-electron chi connectivity index (χ1n) is 9.59. The third kappa shape index (κ3) is 2.29. The maximum atomic E-state index is 12.7. The number of carboxylic acid groups (broad SMARTS) is 1. The molecule has 7 heteroatoms. The summed E-state index contributed by atoms with van der Waals surface area (Å²) < 4.78 is 0. The van der Waals surface area contributed by atoms with E-state index in [4.69, 9.17) is 0 Å². The van der Waals surface area contributed by atoms with Gasteiger partial charge in [0.25, 0.3) is 0 Å². The third-order valence-electron chi connectivity index (χ3n) is 6.26. The maximum absolute atomic E-state index is 12.7. The number of nitrogens with zero attached hydrogens (tertiary/aromatic N) is 1. The number of rotatable bonds is 4. The summed E-state index contributed by atoms with van der Waals surface area (Å²) in [5.74, 6) is -2.36. The molecule has 5 rings (SSSR count). The molecule has 30 heavy (non-hydrogen) atoms. The Morgan fingerprint density at radius 2 is 1.77 bits per heavy atom. The maximum Gasteiger partial charge on any atom is 0.352 e. The van der Waals surface area contributed by atoms with Crippen molar-refractivity contribution in [2.24, 2.45) is 5.92 Å². The number of carbonyl (C=O) groups is 4. The van der Waals surface area contributed by atoms with Crippen LogP contribution in [0.5, 0.6) is 0 Å². The highest BCUT2D eigenvalue weighted by Crippen LogP contribution is 2.48. The first kappa shape index (κ1) is 18.4. The Labute approximate surface area is 171 Å². The molecule has 0 unspecified atom stereocenters. The molecule has 0 spiro atoms. The molecule has 2 aromatic rings. The zero-order valence-corrected chi connectivity index (χ0v) is 16.0. The van der Waals surface area contributed by atoms with Crippen LogP contribution in [0.1, 0.15) is 45.2 Å². The largest absolute Gasteiger partial charge is 0.477 e. The molecule has 1 saturated heterocycles. The van der Waals surface area contributed by atoms with Gasteiger partial charge in [0.2, 0.25) is 5.91 Å². The van der Waals surface area contributed by atoms with Gasteiger partial charge in [-0.2, -0.15) is 0 Å². The van der Waals surface area contributed by atoms with Crippen molar-refractivity contribution in [3.63, 3.8) is 0 Å². The molecular weight excluding hydrogens is 386 g/mol. The minimum absolute atomic E-state index is 0.0759. The van der Waals surface area contributed by atoms with E-state index < -0.39 is 18.0 Å². The van der Waals surface area contributed by atoms with Crippen LogP contribution in [0.2, 0.25) is 0 Å². The normalized spacial score (nSPS) is 22.4. The summed E-state index contributed by atoms with van der Waals surface area (Å²) in [7, 11) is 0. The van der Waals surface area contributed by atoms with Gasteiger partial charge < -0.3 is 15.1 Å². The number of carbonyl (C=O) groups excluding carboxylic acids is 3. The highest BCUT2D eigenvalue weighted by Gasteiger charge is 2.56. The van der Waals surface area contributed by atoms with Crippen LogP contribution in [0, 0.1) is 5.92 Å². The topological polar surface area (TPSA) is 112 Å². The minimum Gasteiger partial charge on any atom is -0.477 e. The Morgan fingerprint density at radius 3 is 2.40 bits per heavy atom. The number of carboxylic acids is 1. The first-order chi connectivity index (χ1) is 14.3. The van der Waals surface area contributed by atoms with Crippen LogP contribution in [0.3, 0.4) is 0 Å². The van der Waals surface area contributed by atoms with Crippen LogP contribution in [0.4, 0.5) is 0 Å². The zero-order chi connectivity index (χ0) is 21.3. The number of benzene rings is 2. The molecule has 2 N–H and O–H groups in total. The second-order valence-corrected chi connectivity index (χ2v) is 7.89. The molecule has 2 aromatic carbocycles. The van der Waals surface area contributed by atoms with E-state index >= 15 is 0 Å². The number of aldehydes is 1. The van der Waals surface area contributed by atoms with E-state index in [-0.39, 0.29) is 23.4 Å². The molecule has 1 aliphatic carbocycles. The number of fused-ring (bicyclic) bond motifs is 4. The van der Waals surface area contributed by atoms with Crippen molar-refractivity contribution in [3.05, 3.63) is 64.3 Å². The third-order valence-corrected chi connectivity index (χ3v) is 6.26. The lowest BCUT2D eigenvalue weighted by Gasteiger charge is -2.44. The van der Waals surface area contributed by atoms with Gasteiger partial charge >= 0.3 is 5.97 Å². The fourth-order valence-corrected chi connectivity index (χ4v) is 4.88. The van der Waals surface area contributed by atoms with Crippen LogP contribution < -0.4 is 0 Å². The van der Waals surface area contributed by atoms with Crippen molar-refractivity contribution in [1.29, 1.82) is 0 Å². The summed E-state index contributed by atoms with van der Waals surface area (Å²) in [6, 6.07) is 9.57. The number of ketones is 1. The van der Waals surface area contributed by atoms with Gasteiger partial charge in [0, 0.05) is 16.7 Å². The summed E-state index contributed by atoms with van der Waals surface area (Å²) in [5.41, 5.74) is 3.75. The number of β-lactam (4-membered cyclic amide) rings is 1. The van der Waals surface area contributed by atoms with Gasteiger partial charge in [0.1, 0.15) is 12.0 Å². The van der Waals surface area contributed by atoms with Crippen molar-refractivity contribution in [2.45, 2.75) is 25.5 Å². The lowest BCUT2D eigenvalue weighted by atomic mass is 9.82. The SMILES string of the molecule is C[C@@H](O)[C@H]1C(=O)N2C(C(=O)O)=C(c3ccc4c(c3)-c3cc(C=O)ccc3C4=O)C[C@H]12. The van der Waals surface area contributed by atoms with Gasteiger partial charge in [-0.15, -0.1) is 0 Å². The molecular formula is C23H17NO6. The van der Waals surface area contributed by atoms with Gasteiger partial charge in [0.05, 0.1) is 18.1 Å². The Balaban J connectivity index is 1.63. The highest BCUT2D eigenvalue weighted by molar-refractivity contribution is 6.22. The van der Waals surface area contributed by atoms with E-state index in [0.29, 0.717) is 51.7 Å². The zero-order valence-electron chi connectivity index (χ0n) is 16.0. The smallest absolute Gasteiger partial charge is 0.352 e. The molecule has 7 nitrogen and oxygen atoms in total. The molecule has 2 heterocycles. The van der Waals surface area contributed by atoms with Gasteiger partial charge in [-0.3, -0.25) is 14.4 Å². The monoisotopic (exact) mass is 403 g/mol. The number of amides is 1. The Bertz CT molecular complexity index is 1210. The van der Waals surface area contributed by atoms with Crippen molar-refractivity contribution < 1.29 is 29.4 Å². The van der Waals surface area contributed by atoms with Crippen molar-refractivity contribution in [3.8, 4) is 11.1 Å². The van der Waals surface area contributed by atoms with Crippen molar-refractivity contribution >= 4 is 29.5 Å². The predicted molar refractivity (Wildman–Crippen MR) is 106 cm³/mol. The summed E-state index contributed by atoms with van der Waals surface area (Å²) >= 11 is 0. The average molecular weight is 403 g/mol. The van der Waals surface area contributed by atoms with Crippen LogP contribution in [0.25, 0.3) is 16.7 Å². The molecule has 0 saturated carbocycles. The number of aliphatic hydroxyl groups excluding tert-OH is 1. The van der Waals surface area contributed by atoms with E-state index in [1.54, 1.807) is 36.4 Å². The van der Waals surface area contributed by atoms with Crippen LogP contribution in [0.15, 0.2) is 42.1 Å². The summed E-state index contributed by atoms with van der Waals surface area (Å²) in [6.45, 7) is 1.53. The molecule has 0 bridgehead atoms. The number of aliphatic hydroxyl groups is 1. The average Bonchev–Trinajstić information content (AvgIpc) is 3.20. The minimum atomic E-state index is -1.20. The van der Waals surface area contributed by atoms with Gasteiger partial charge in [-0.1, -0.05) is 12.1 Å². The Hall–Kier alpha value is -3.58. The molecule has 3 aliphatic rings. The summed E-state index contributed by atoms with van der Waals surface area (Å²) in [6.07, 6.45) is 0.164. The molecule has 2 aliphatic heterocycles. The Kier molecular flexibility index (Phi) is 3.82. The second kappa shape index (κ2) is 6.21. The predicted octanol–water partition coefficient (Wildman–Crippen LogP) is 2.12. The van der Waals surface area contributed by atoms with E-state index in [1.807, 2.05) is 0 Å². The lowest BCUT2D eigenvalue weighted by molar-refractivity contribution is -0.161. The molecule has 1 amide bonds. The molecule has 3 atom stereocenters. The van der Waals surface area contributed by atoms with Gasteiger partial charge in [0.15, 0.2) is 5.78 Å². The van der Waals surface area contributed by atoms with Gasteiger partial charge in [-0.05, 0) is 59.9 Å². The number of hydrogen-bond acceptors (Lipinski definition) is 5. The molecule has 0 aromatic heterocycles. The van der Waals surface area contributed by atoms with E-state index in [2.05, 4.69) is 0 Å². The number of hydrogen-bond donors (Lipinski definition) is 2. The van der Waals surface area contributed by atoms with Crippen molar-refractivity contribution in [2.75, 3.05) is 0 Å². The standard InChI is InChI=1S/C23H17NO6/c1-10(26)19-18-8-15(20(23(29)30)24(18)22(19)28)12-3-5-14-17(7-12)16-6-11(9-25)2-4-13(16)21(14)27/h2-7,9-10,18-19,26H,8H2,1H3,(H,29,30)/t10-,18-,19-/m1/s1. The first-order valence-corrected chi connectivity index (χ1v) is 9.59. The van der Waals surface area contributed by atoms with E-state index in [9.17, 15) is 29.4 Å². The van der Waals surface area contributed by atoms with E-state index in [0.717, 1.165) is 0 Å². The van der Waals surface area contributed by atoms with Crippen LogP contribution in [-0.2, 0) is 9.59 Å². The number of aliphatic carboxylic acids is 1.